The van der Waals surface area contributed by atoms with Crippen LogP contribution in [0.25, 0.3) is 11.3 Å². The molecule has 8 heteroatoms. The fourth-order valence-electron chi connectivity index (χ4n) is 3.92. The zero-order valence-electron chi connectivity index (χ0n) is 17.3. The predicted molar refractivity (Wildman–Crippen MR) is 111 cm³/mol. The minimum absolute atomic E-state index is 0.183. The third kappa shape index (κ3) is 5.25. The second-order valence-corrected chi connectivity index (χ2v) is 7.84. The Bertz CT molecular complexity index is 1020. The lowest BCUT2D eigenvalue weighted by molar-refractivity contribution is -0.137. The summed E-state index contributed by atoms with van der Waals surface area (Å²) in [6.45, 7) is 4.59. The molecule has 0 bridgehead atoms. The topological polar surface area (TPSA) is 54.8 Å². The van der Waals surface area contributed by atoms with E-state index in [0.29, 0.717) is 11.3 Å². The summed E-state index contributed by atoms with van der Waals surface area (Å²) in [5, 5.41) is 0. The molecule has 1 aromatic carbocycles. The molecule has 1 aliphatic rings. The monoisotopic (exact) mass is 427 g/mol. The number of hydrogen-bond acceptors (Lipinski definition) is 5. The normalized spacial score (nSPS) is 17.6. The molecule has 0 spiro atoms. The number of alkyl halides is 3. The molecule has 31 heavy (non-hydrogen) atoms. The van der Waals surface area contributed by atoms with Crippen LogP contribution in [-0.2, 0) is 19.1 Å². The standard InChI is InChI=1S/C23H24F3N5/c1-2-22-28-10-16(11-29-22)14-31-8-4-6-18(15-31)21-13-27-12-20(30-21)17-5-3-7-19(9-17)23(24,25)26/h3,5,7,9-13,18H,2,4,6,8,14-15H2,1H3/t18-/m0/s1. The van der Waals surface area contributed by atoms with Crippen LogP contribution in [0.4, 0.5) is 13.2 Å². The first-order valence-corrected chi connectivity index (χ1v) is 10.4. The van der Waals surface area contributed by atoms with E-state index < -0.39 is 11.7 Å². The lowest BCUT2D eigenvalue weighted by Crippen LogP contribution is -2.34. The first kappa shape index (κ1) is 21.4. The van der Waals surface area contributed by atoms with E-state index in [2.05, 4.69) is 24.8 Å². The van der Waals surface area contributed by atoms with Gasteiger partial charge in [0.05, 0.1) is 23.1 Å². The fraction of sp³-hybridized carbons (Fsp3) is 0.391. The summed E-state index contributed by atoms with van der Waals surface area (Å²) < 4.78 is 39.2. The molecule has 0 amide bonds. The molecule has 0 saturated carbocycles. The summed E-state index contributed by atoms with van der Waals surface area (Å²) in [5.74, 6) is 1.02. The zero-order valence-corrected chi connectivity index (χ0v) is 17.3. The molecule has 3 aromatic rings. The Balaban J connectivity index is 1.49. The summed E-state index contributed by atoms with van der Waals surface area (Å²) in [6, 6.07) is 5.23. The predicted octanol–water partition coefficient (Wildman–Crippen LogP) is 4.89. The second-order valence-electron chi connectivity index (χ2n) is 7.84. The summed E-state index contributed by atoms with van der Waals surface area (Å²) >= 11 is 0. The smallest absolute Gasteiger partial charge is 0.298 e. The summed E-state index contributed by atoms with van der Waals surface area (Å²) in [6.07, 6.45) is 5.43. The van der Waals surface area contributed by atoms with Crippen LogP contribution >= 0.6 is 0 Å². The maximum atomic E-state index is 13.1. The van der Waals surface area contributed by atoms with Gasteiger partial charge in [-0.1, -0.05) is 19.1 Å². The maximum absolute atomic E-state index is 13.1. The lowest BCUT2D eigenvalue weighted by atomic mass is 9.94. The van der Waals surface area contributed by atoms with Crippen LogP contribution in [-0.4, -0.2) is 37.9 Å². The first-order valence-electron chi connectivity index (χ1n) is 10.4. The average Bonchev–Trinajstić information content (AvgIpc) is 2.79. The van der Waals surface area contributed by atoms with Crippen LogP contribution in [0.2, 0.25) is 0 Å². The molecule has 1 aliphatic heterocycles. The Morgan fingerprint density at radius 3 is 2.65 bits per heavy atom. The van der Waals surface area contributed by atoms with E-state index in [0.717, 1.165) is 68.1 Å². The van der Waals surface area contributed by atoms with Gasteiger partial charge in [-0.15, -0.1) is 0 Å². The number of piperidine rings is 1. The van der Waals surface area contributed by atoms with Gasteiger partial charge >= 0.3 is 6.18 Å². The fourth-order valence-corrected chi connectivity index (χ4v) is 3.92. The summed E-state index contributed by atoms with van der Waals surface area (Å²) in [4.78, 5) is 20.0. The molecular formula is C23H24F3N5. The second kappa shape index (κ2) is 9.09. The molecule has 1 saturated heterocycles. The van der Waals surface area contributed by atoms with E-state index in [-0.39, 0.29) is 5.92 Å². The molecule has 2 aromatic heterocycles. The van der Waals surface area contributed by atoms with E-state index in [1.54, 1.807) is 12.3 Å². The van der Waals surface area contributed by atoms with Crippen LogP contribution in [0.5, 0.6) is 0 Å². The molecule has 0 radical (unpaired) electrons. The molecule has 0 unspecified atom stereocenters. The number of rotatable bonds is 5. The van der Waals surface area contributed by atoms with Gasteiger partial charge in [0.1, 0.15) is 5.82 Å². The Morgan fingerprint density at radius 1 is 1.10 bits per heavy atom. The van der Waals surface area contributed by atoms with E-state index in [4.69, 9.17) is 0 Å². The SMILES string of the molecule is CCc1ncc(CN2CCC[C@H](c3cncc(-c4cccc(C(F)(F)F)c4)n3)C2)cn1. The lowest BCUT2D eigenvalue weighted by Gasteiger charge is -2.32. The van der Waals surface area contributed by atoms with Crippen molar-refractivity contribution in [1.82, 2.24) is 24.8 Å². The van der Waals surface area contributed by atoms with Crippen molar-refractivity contribution in [3.63, 3.8) is 0 Å². The zero-order chi connectivity index (χ0) is 21.8. The van der Waals surface area contributed by atoms with E-state index >= 15 is 0 Å². The number of likely N-dealkylation sites (tertiary alicyclic amines) is 1. The number of hydrogen-bond donors (Lipinski definition) is 0. The van der Waals surface area contributed by atoms with E-state index in [1.165, 1.54) is 12.3 Å². The number of benzene rings is 1. The first-order chi connectivity index (χ1) is 14.9. The minimum Gasteiger partial charge on any atom is -0.298 e. The number of halogens is 3. The number of aromatic nitrogens is 4. The number of nitrogens with zero attached hydrogens (tertiary/aromatic N) is 5. The van der Waals surface area contributed by atoms with Gasteiger partial charge in [0.25, 0.3) is 0 Å². The molecule has 162 valence electrons. The van der Waals surface area contributed by atoms with Gasteiger partial charge in [0.15, 0.2) is 0 Å². The highest BCUT2D eigenvalue weighted by molar-refractivity contribution is 5.59. The van der Waals surface area contributed by atoms with Gasteiger partial charge in [-0.2, -0.15) is 13.2 Å². The molecule has 1 fully saturated rings. The molecule has 3 heterocycles. The van der Waals surface area contributed by atoms with Crippen molar-refractivity contribution >= 4 is 0 Å². The Labute approximate surface area is 179 Å². The van der Waals surface area contributed by atoms with Crippen molar-refractivity contribution in [3.05, 3.63) is 71.7 Å². The Hall–Kier alpha value is -2.87. The van der Waals surface area contributed by atoms with Crippen LogP contribution in [0.15, 0.2) is 49.1 Å². The molecule has 0 N–H and O–H groups in total. The van der Waals surface area contributed by atoms with Gasteiger partial charge in [-0.3, -0.25) is 9.88 Å². The van der Waals surface area contributed by atoms with Crippen LogP contribution < -0.4 is 0 Å². The van der Waals surface area contributed by atoms with Crippen molar-refractivity contribution in [2.75, 3.05) is 13.1 Å². The highest BCUT2D eigenvalue weighted by Crippen LogP contribution is 2.32. The van der Waals surface area contributed by atoms with Gasteiger partial charge in [0, 0.05) is 55.1 Å². The minimum atomic E-state index is -4.38. The van der Waals surface area contributed by atoms with Crippen molar-refractivity contribution in [1.29, 1.82) is 0 Å². The van der Waals surface area contributed by atoms with Gasteiger partial charge in [-0.25, -0.2) is 15.0 Å². The average molecular weight is 427 g/mol. The summed E-state index contributed by atoms with van der Waals surface area (Å²) in [7, 11) is 0. The molecule has 1 atom stereocenters. The van der Waals surface area contributed by atoms with E-state index in [9.17, 15) is 13.2 Å². The van der Waals surface area contributed by atoms with Crippen molar-refractivity contribution in [2.24, 2.45) is 0 Å². The third-order valence-electron chi connectivity index (χ3n) is 5.54. The molecule has 0 aliphatic carbocycles. The van der Waals surface area contributed by atoms with E-state index in [1.807, 2.05) is 19.3 Å². The maximum Gasteiger partial charge on any atom is 0.416 e. The van der Waals surface area contributed by atoms with Crippen LogP contribution in [0.3, 0.4) is 0 Å². The van der Waals surface area contributed by atoms with Crippen molar-refractivity contribution in [3.8, 4) is 11.3 Å². The third-order valence-corrected chi connectivity index (χ3v) is 5.54. The largest absolute Gasteiger partial charge is 0.416 e. The van der Waals surface area contributed by atoms with Crippen LogP contribution in [0, 0.1) is 0 Å². The highest BCUT2D eigenvalue weighted by Gasteiger charge is 2.30. The van der Waals surface area contributed by atoms with Crippen molar-refractivity contribution in [2.45, 2.75) is 44.8 Å². The molecular weight excluding hydrogens is 403 g/mol. The number of aryl methyl sites for hydroxylation is 1. The molecule has 5 nitrogen and oxygen atoms in total. The summed E-state index contributed by atoms with van der Waals surface area (Å²) in [5.41, 5.74) is 2.09. The van der Waals surface area contributed by atoms with Gasteiger partial charge in [0.2, 0.25) is 0 Å². The Morgan fingerprint density at radius 2 is 1.90 bits per heavy atom. The van der Waals surface area contributed by atoms with Crippen molar-refractivity contribution < 1.29 is 13.2 Å². The quantitative estimate of drug-likeness (QED) is 0.580. The molecule has 4 rings (SSSR count). The highest BCUT2D eigenvalue weighted by atomic mass is 19.4. The Kier molecular flexibility index (Phi) is 6.27. The van der Waals surface area contributed by atoms with Gasteiger partial charge < -0.3 is 0 Å². The van der Waals surface area contributed by atoms with Crippen LogP contribution in [0.1, 0.15) is 48.3 Å². The van der Waals surface area contributed by atoms with Gasteiger partial charge in [-0.05, 0) is 31.5 Å².